The van der Waals surface area contributed by atoms with Crippen LogP contribution in [0.1, 0.15) is 10.4 Å². The van der Waals surface area contributed by atoms with E-state index in [4.69, 9.17) is 16.7 Å². The SMILES string of the molecule is O=C([O-])c1cccc(Cl)c1O.[Rb+]. The van der Waals surface area contributed by atoms with E-state index in [1.807, 2.05) is 0 Å². The van der Waals surface area contributed by atoms with Gasteiger partial charge in [0.15, 0.2) is 0 Å². The first-order chi connectivity index (χ1) is 5.13. The summed E-state index contributed by atoms with van der Waals surface area (Å²) in [5.74, 6) is -1.89. The summed E-state index contributed by atoms with van der Waals surface area (Å²) in [7, 11) is 0. The number of aromatic carboxylic acids is 1. The number of carboxylic acid groups (broad SMARTS) is 1. The maximum Gasteiger partial charge on any atom is 1.00 e. The van der Waals surface area contributed by atoms with Gasteiger partial charge in [-0.25, -0.2) is 0 Å². The third-order valence-electron chi connectivity index (χ3n) is 1.21. The van der Waals surface area contributed by atoms with E-state index < -0.39 is 11.7 Å². The molecule has 5 heteroatoms. The molecule has 1 rings (SSSR count). The Bertz CT molecular complexity index is 301. The predicted molar refractivity (Wildman–Crippen MR) is 37.4 cm³/mol. The van der Waals surface area contributed by atoms with Gasteiger partial charge in [0, 0.05) is 5.56 Å². The molecule has 12 heavy (non-hydrogen) atoms. The second-order valence-electron chi connectivity index (χ2n) is 1.92. The van der Waals surface area contributed by atoms with E-state index in [1.165, 1.54) is 18.2 Å². The fraction of sp³-hybridized carbons (Fsp3) is 0. The average molecular weight is 257 g/mol. The van der Waals surface area contributed by atoms with E-state index in [9.17, 15) is 9.90 Å². The van der Waals surface area contributed by atoms with E-state index >= 15 is 0 Å². The smallest absolute Gasteiger partial charge is 0.545 e. The first-order valence-electron chi connectivity index (χ1n) is 2.81. The molecule has 58 valence electrons. The molecule has 0 fully saturated rings. The average Bonchev–Trinajstić information content (AvgIpc) is 1.94. The molecular formula is C7H4ClO3Rb. The number of carbonyl (C=O) groups excluding carboxylic acids is 1. The van der Waals surface area contributed by atoms with Crippen LogP contribution in [0.5, 0.6) is 5.75 Å². The normalized spacial score (nSPS) is 8.75. The molecule has 0 bridgehead atoms. The van der Waals surface area contributed by atoms with Crippen molar-refractivity contribution in [1.82, 2.24) is 0 Å². The zero-order valence-electron chi connectivity index (χ0n) is 6.37. The van der Waals surface area contributed by atoms with E-state index in [2.05, 4.69) is 0 Å². The molecule has 3 nitrogen and oxygen atoms in total. The van der Waals surface area contributed by atoms with Crippen LogP contribution in [0.2, 0.25) is 5.02 Å². The molecule has 0 radical (unpaired) electrons. The molecule has 0 saturated carbocycles. The Hall–Kier alpha value is 0.585. The van der Waals surface area contributed by atoms with Crippen LogP contribution >= 0.6 is 11.6 Å². The summed E-state index contributed by atoms with van der Waals surface area (Å²) in [4.78, 5) is 10.2. The molecular weight excluding hydrogens is 253 g/mol. The topological polar surface area (TPSA) is 60.4 Å². The fourth-order valence-electron chi connectivity index (χ4n) is 0.680. The van der Waals surface area contributed by atoms with Crippen LogP contribution in [0.3, 0.4) is 0 Å². The van der Waals surface area contributed by atoms with Gasteiger partial charge in [0.25, 0.3) is 0 Å². The number of carboxylic acids is 1. The third kappa shape index (κ3) is 2.82. The monoisotopic (exact) mass is 256 g/mol. The molecule has 0 heterocycles. The van der Waals surface area contributed by atoms with Gasteiger partial charge in [-0.15, -0.1) is 0 Å². The standard InChI is InChI=1S/C7H5ClO3.Rb/c8-5-3-1-2-4(6(5)9)7(10)11;/h1-3,9H,(H,10,11);/q;+1/p-1. The Balaban J connectivity index is 0.00000121. The number of hydrogen-bond donors (Lipinski definition) is 1. The van der Waals surface area contributed by atoms with Crippen molar-refractivity contribution in [3.8, 4) is 5.75 Å². The van der Waals surface area contributed by atoms with E-state index in [0.717, 1.165) is 0 Å². The molecule has 1 aromatic carbocycles. The number of aromatic hydroxyl groups is 1. The van der Waals surface area contributed by atoms with Crippen molar-refractivity contribution < 1.29 is 73.2 Å². The Morgan fingerprint density at radius 3 is 2.50 bits per heavy atom. The van der Waals surface area contributed by atoms with Gasteiger partial charge in [0.2, 0.25) is 0 Å². The predicted octanol–water partition coefficient (Wildman–Crippen LogP) is -2.59. The Morgan fingerprint density at radius 2 is 2.08 bits per heavy atom. The zero-order chi connectivity index (χ0) is 8.43. The molecule has 1 aromatic rings. The minimum absolute atomic E-state index is 0. The number of hydrogen-bond acceptors (Lipinski definition) is 3. The summed E-state index contributed by atoms with van der Waals surface area (Å²) in [5, 5.41) is 19.3. The number of para-hydroxylation sites is 1. The maximum absolute atomic E-state index is 10.2. The van der Waals surface area contributed by atoms with Gasteiger partial charge < -0.3 is 15.0 Å². The fourth-order valence-corrected chi connectivity index (χ4v) is 0.855. The van der Waals surface area contributed by atoms with Crippen molar-refractivity contribution in [1.29, 1.82) is 0 Å². The number of carbonyl (C=O) groups is 1. The molecule has 0 atom stereocenters. The maximum atomic E-state index is 10.2. The van der Waals surface area contributed by atoms with Gasteiger partial charge in [-0.2, -0.15) is 0 Å². The summed E-state index contributed by atoms with van der Waals surface area (Å²) >= 11 is 5.42. The summed E-state index contributed by atoms with van der Waals surface area (Å²) < 4.78 is 0. The summed E-state index contributed by atoms with van der Waals surface area (Å²) in [5.41, 5.74) is -0.294. The first-order valence-corrected chi connectivity index (χ1v) is 3.19. The summed E-state index contributed by atoms with van der Waals surface area (Å²) in [6, 6.07) is 4.03. The summed E-state index contributed by atoms with van der Waals surface area (Å²) in [6.07, 6.45) is 0. The molecule has 0 saturated heterocycles. The molecule has 0 aliphatic heterocycles. The van der Waals surface area contributed by atoms with Crippen LogP contribution in [0.25, 0.3) is 0 Å². The quantitative estimate of drug-likeness (QED) is 0.600. The Morgan fingerprint density at radius 1 is 1.50 bits per heavy atom. The van der Waals surface area contributed by atoms with Gasteiger partial charge in [-0.05, 0) is 12.1 Å². The largest absolute Gasteiger partial charge is 1.00 e. The van der Waals surface area contributed by atoms with E-state index in [1.54, 1.807) is 0 Å². The number of benzene rings is 1. The third-order valence-corrected chi connectivity index (χ3v) is 1.51. The number of phenols is 1. The van der Waals surface area contributed by atoms with Crippen LogP contribution in [0.4, 0.5) is 0 Å². The van der Waals surface area contributed by atoms with Crippen molar-refractivity contribution >= 4 is 17.6 Å². The van der Waals surface area contributed by atoms with Crippen molar-refractivity contribution in [2.45, 2.75) is 0 Å². The Kier molecular flexibility index (Phi) is 5.60. The number of halogens is 1. The van der Waals surface area contributed by atoms with Gasteiger partial charge >= 0.3 is 58.2 Å². The van der Waals surface area contributed by atoms with Gasteiger partial charge in [0.1, 0.15) is 5.75 Å². The molecule has 0 aliphatic carbocycles. The van der Waals surface area contributed by atoms with Crippen molar-refractivity contribution in [2.24, 2.45) is 0 Å². The van der Waals surface area contributed by atoms with Crippen molar-refractivity contribution in [2.75, 3.05) is 0 Å². The molecule has 1 N–H and O–H groups in total. The van der Waals surface area contributed by atoms with E-state index in [-0.39, 0.29) is 68.8 Å². The minimum atomic E-state index is -1.44. The van der Waals surface area contributed by atoms with Crippen LogP contribution in [-0.2, 0) is 0 Å². The Labute approximate surface area is 123 Å². The summed E-state index contributed by atoms with van der Waals surface area (Å²) in [6.45, 7) is 0. The molecule has 0 unspecified atom stereocenters. The second-order valence-corrected chi connectivity index (χ2v) is 2.33. The molecule has 0 aliphatic rings. The van der Waals surface area contributed by atoms with E-state index in [0.29, 0.717) is 0 Å². The van der Waals surface area contributed by atoms with Crippen LogP contribution in [0, 0.1) is 0 Å². The first kappa shape index (κ1) is 12.6. The number of rotatable bonds is 1. The second kappa shape index (κ2) is 5.34. The van der Waals surface area contributed by atoms with Gasteiger partial charge in [-0.3, -0.25) is 0 Å². The van der Waals surface area contributed by atoms with Crippen LogP contribution < -0.4 is 63.3 Å². The molecule has 0 aromatic heterocycles. The van der Waals surface area contributed by atoms with Crippen molar-refractivity contribution in [3.05, 3.63) is 28.8 Å². The van der Waals surface area contributed by atoms with Crippen LogP contribution in [-0.4, -0.2) is 11.1 Å². The zero-order valence-corrected chi connectivity index (χ0v) is 12.0. The van der Waals surface area contributed by atoms with Crippen LogP contribution in [0.15, 0.2) is 18.2 Å². The molecule has 0 spiro atoms. The minimum Gasteiger partial charge on any atom is -0.545 e. The van der Waals surface area contributed by atoms with Crippen molar-refractivity contribution in [3.63, 3.8) is 0 Å². The van der Waals surface area contributed by atoms with Gasteiger partial charge in [-0.1, -0.05) is 17.7 Å². The molecule has 0 amide bonds. The van der Waals surface area contributed by atoms with Gasteiger partial charge in [0.05, 0.1) is 11.0 Å².